The van der Waals surface area contributed by atoms with Crippen LogP contribution in [-0.2, 0) is 10.9 Å². The lowest BCUT2D eigenvalue weighted by molar-refractivity contribution is -0.388. The molecule has 1 amide bonds. The average Bonchev–Trinajstić information content (AvgIpc) is 2.89. The summed E-state index contributed by atoms with van der Waals surface area (Å²) in [5.41, 5.74) is -1.08. The molecular weight excluding hydrogens is 507 g/mol. The number of carbonyl (C=O) groups excluding carboxylic acids is 1. The average molecular weight is 538 g/mol. The summed E-state index contributed by atoms with van der Waals surface area (Å²) in [6.07, 6.45) is -0.826. The number of halogens is 3. The summed E-state index contributed by atoms with van der Waals surface area (Å²) in [5.74, 6) is 0.497. The van der Waals surface area contributed by atoms with Crippen molar-refractivity contribution in [2.45, 2.75) is 50.9 Å². The fraction of sp³-hybridized carbons (Fsp3) is 0.520. The van der Waals surface area contributed by atoms with Crippen molar-refractivity contribution in [2.75, 3.05) is 43.0 Å². The first kappa shape index (κ1) is 27.3. The lowest BCUT2D eigenvalue weighted by Crippen LogP contribution is -2.49. The van der Waals surface area contributed by atoms with Gasteiger partial charge in [0.05, 0.1) is 11.5 Å². The largest absolute Gasteiger partial charge is 0.474 e. The van der Waals surface area contributed by atoms with E-state index >= 15 is 0 Å². The van der Waals surface area contributed by atoms with E-state index in [0.29, 0.717) is 64.3 Å². The zero-order valence-electron chi connectivity index (χ0n) is 20.9. The Morgan fingerprint density at radius 3 is 2.47 bits per heavy atom. The monoisotopic (exact) mass is 537 g/mol. The third kappa shape index (κ3) is 6.75. The molecule has 0 atom stereocenters. The molecule has 38 heavy (non-hydrogen) atoms. The Morgan fingerprint density at radius 2 is 1.84 bits per heavy atom. The number of hydrogen-bond donors (Lipinski definition) is 1. The molecule has 0 bridgehead atoms. The number of hydrogen-bond acceptors (Lipinski definition) is 8. The molecule has 0 spiro atoms. The topological polar surface area (TPSA) is 110 Å². The van der Waals surface area contributed by atoms with Gasteiger partial charge in [-0.25, -0.2) is 9.78 Å². The summed E-state index contributed by atoms with van der Waals surface area (Å²) >= 11 is 0. The van der Waals surface area contributed by atoms with Crippen LogP contribution in [0.3, 0.4) is 0 Å². The number of pyridine rings is 1. The van der Waals surface area contributed by atoms with E-state index in [-0.39, 0.29) is 23.9 Å². The molecule has 0 unspecified atom stereocenters. The molecule has 2 fully saturated rings. The maximum absolute atomic E-state index is 13.3. The zero-order chi connectivity index (χ0) is 27.3. The van der Waals surface area contributed by atoms with Gasteiger partial charge in [0.1, 0.15) is 11.7 Å². The van der Waals surface area contributed by atoms with Crippen LogP contribution in [0.1, 0.15) is 38.2 Å². The number of aromatic nitrogens is 1. The number of piperazine rings is 1. The summed E-state index contributed by atoms with van der Waals surface area (Å²) in [4.78, 5) is 30.0. The molecule has 1 aromatic carbocycles. The van der Waals surface area contributed by atoms with Crippen molar-refractivity contribution >= 4 is 23.2 Å². The summed E-state index contributed by atoms with van der Waals surface area (Å²) in [6.45, 7) is 4.58. The number of anilines is 2. The molecule has 10 nitrogen and oxygen atoms in total. The first-order valence-corrected chi connectivity index (χ1v) is 12.6. The Bertz CT molecular complexity index is 1130. The number of rotatable bonds is 7. The highest BCUT2D eigenvalue weighted by molar-refractivity contribution is 5.68. The number of ether oxygens (including phenoxy) is 2. The van der Waals surface area contributed by atoms with Crippen molar-refractivity contribution in [3.63, 3.8) is 0 Å². The summed E-state index contributed by atoms with van der Waals surface area (Å²) in [5, 5.41) is 14.0. The number of amides is 1. The second-order valence-electron chi connectivity index (χ2n) is 9.25. The molecular formula is C25H30F3N5O5. The molecule has 1 saturated carbocycles. The second kappa shape index (κ2) is 11.7. The fourth-order valence-electron chi connectivity index (χ4n) is 4.77. The van der Waals surface area contributed by atoms with E-state index in [1.807, 2.05) is 12.1 Å². The van der Waals surface area contributed by atoms with Crippen LogP contribution >= 0.6 is 0 Å². The molecule has 2 aliphatic rings. The number of alkyl halides is 3. The van der Waals surface area contributed by atoms with Gasteiger partial charge in [0, 0.05) is 61.9 Å². The fourth-order valence-corrected chi connectivity index (χ4v) is 4.77. The van der Waals surface area contributed by atoms with Crippen molar-refractivity contribution in [3.05, 3.63) is 52.2 Å². The van der Waals surface area contributed by atoms with Gasteiger partial charge < -0.3 is 24.6 Å². The van der Waals surface area contributed by atoms with Gasteiger partial charge >= 0.3 is 12.3 Å². The van der Waals surface area contributed by atoms with Gasteiger partial charge in [-0.05, 0) is 50.8 Å². The second-order valence-corrected chi connectivity index (χ2v) is 9.25. The Labute approximate surface area is 217 Å². The van der Waals surface area contributed by atoms with E-state index in [4.69, 9.17) is 9.47 Å². The third-order valence-electron chi connectivity index (χ3n) is 6.72. The minimum absolute atomic E-state index is 0.0765. The lowest BCUT2D eigenvalue weighted by Gasteiger charge is -2.35. The molecule has 0 radical (unpaired) electrons. The molecule has 1 saturated heterocycles. The van der Waals surface area contributed by atoms with Gasteiger partial charge in [-0.2, -0.15) is 13.2 Å². The van der Waals surface area contributed by atoms with E-state index in [0.717, 1.165) is 17.8 Å². The molecule has 206 valence electrons. The van der Waals surface area contributed by atoms with Crippen LogP contribution in [0.15, 0.2) is 36.5 Å². The van der Waals surface area contributed by atoms with Crippen LogP contribution in [0.2, 0.25) is 0 Å². The van der Waals surface area contributed by atoms with Crippen molar-refractivity contribution in [1.82, 2.24) is 9.88 Å². The highest BCUT2D eigenvalue weighted by atomic mass is 19.4. The number of nitrogens with zero attached hydrogens (tertiary/aromatic N) is 4. The first-order valence-electron chi connectivity index (χ1n) is 12.6. The van der Waals surface area contributed by atoms with Gasteiger partial charge in [0.2, 0.25) is 5.88 Å². The standard InChI is InChI=1S/C25H30F3N5O5/c1-2-37-24(34)32-13-11-31(12-14-32)19-9-10-29-23(16-19)38-20-6-3-17(4-7-20)30-18-5-8-22(33(35)36)21(15-18)25(26,27)28/h5,8-10,15-17,20,30H,2-4,6-7,11-14H2,1H3. The highest BCUT2D eigenvalue weighted by Crippen LogP contribution is 2.38. The van der Waals surface area contributed by atoms with Gasteiger partial charge in [-0.1, -0.05) is 0 Å². The van der Waals surface area contributed by atoms with Crippen LogP contribution in [0.5, 0.6) is 5.88 Å². The molecule has 13 heteroatoms. The van der Waals surface area contributed by atoms with Crippen molar-refractivity contribution in [3.8, 4) is 5.88 Å². The van der Waals surface area contributed by atoms with Gasteiger partial charge in [0.15, 0.2) is 0 Å². The molecule has 2 aromatic rings. The Hall–Kier alpha value is -3.77. The maximum atomic E-state index is 13.3. The van der Waals surface area contributed by atoms with Crippen LogP contribution in [0.25, 0.3) is 0 Å². The first-order chi connectivity index (χ1) is 18.1. The predicted octanol–water partition coefficient (Wildman–Crippen LogP) is 5.09. The Morgan fingerprint density at radius 1 is 1.13 bits per heavy atom. The van der Waals surface area contributed by atoms with E-state index in [2.05, 4.69) is 15.2 Å². The molecule has 2 heterocycles. The smallest absolute Gasteiger partial charge is 0.423 e. The van der Waals surface area contributed by atoms with Gasteiger partial charge in [-0.3, -0.25) is 10.1 Å². The van der Waals surface area contributed by atoms with E-state index in [9.17, 15) is 28.1 Å². The number of nitro benzene ring substituents is 1. The minimum atomic E-state index is -4.82. The predicted molar refractivity (Wildman–Crippen MR) is 133 cm³/mol. The van der Waals surface area contributed by atoms with Crippen molar-refractivity contribution < 1.29 is 32.4 Å². The van der Waals surface area contributed by atoms with E-state index in [1.54, 1.807) is 18.0 Å². The molecule has 1 N–H and O–H groups in total. The number of benzene rings is 1. The number of carbonyl (C=O) groups is 1. The van der Waals surface area contributed by atoms with E-state index < -0.39 is 22.4 Å². The summed E-state index contributed by atoms with van der Waals surface area (Å²) in [6, 6.07) is 6.68. The quantitative estimate of drug-likeness (QED) is 0.384. The number of nitrogens with one attached hydrogen (secondary N) is 1. The van der Waals surface area contributed by atoms with E-state index in [1.165, 1.54) is 6.07 Å². The molecule has 1 aromatic heterocycles. The van der Waals surface area contributed by atoms with Gasteiger partial charge in [0.25, 0.3) is 5.69 Å². The van der Waals surface area contributed by atoms with Crippen molar-refractivity contribution in [2.24, 2.45) is 0 Å². The van der Waals surface area contributed by atoms with Crippen molar-refractivity contribution in [1.29, 1.82) is 0 Å². The number of nitro groups is 1. The summed E-state index contributed by atoms with van der Waals surface area (Å²) < 4.78 is 51.0. The summed E-state index contributed by atoms with van der Waals surface area (Å²) in [7, 11) is 0. The van der Waals surface area contributed by atoms with Crippen LogP contribution in [0, 0.1) is 10.1 Å². The highest BCUT2D eigenvalue weighted by Gasteiger charge is 2.38. The Kier molecular flexibility index (Phi) is 8.42. The van der Waals surface area contributed by atoms with Crippen LogP contribution in [0.4, 0.5) is 35.0 Å². The zero-order valence-corrected chi connectivity index (χ0v) is 20.9. The third-order valence-corrected chi connectivity index (χ3v) is 6.72. The molecule has 1 aliphatic carbocycles. The Balaban J connectivity index is 1.29. The van der Waals surface area contributed by atoms with Crippen LogP contribution < -0.4 is 15.0 Å². The lowest BCUT2D eigenvalue weighted by atomic mass is 9.92. The van der Waals surface area contributed by atoms with Crippen LogP contribution in [-0.4, -0.2) is 65.8 Å². The SMILES string of the molecule is CCOC(=O)N1CCN(c2ccnc(OC3CCC(Nc4ccc([N+](=O)[O-])c(C(F)(F)F)c4)CC3)c2)CC1. The minimum Gasteiger partial charge on any atom is -0.474 e. The maximum Gasteiger partial charge on any atom is 0.423 e. The van der Waals surface area contributed by atoms with Gasteiger partial charge in [-0.15, -0.1) is 0 Å². The molecule has 4 rings (SSSR count). The molecule has 1 aliphatic heterocycles. The normalized spacial score (nSPS) is 20.1.